The highest BCUT2D eigenvalue weighted by molar-refractivity contribution is 5.83. The highest BCUT2D eigenvalue weighted by Gasteiger charge is 2.43. The van der Waals surface area contributed by atoms with E-state index in [4.69, 9.17) is 9.47 Å². The minimum atomic E-state index is -1.41. The first-order valence-corrected chi connectivity index (χ1v) is 13.4. The molecule has 0 aliphatic carbocycles. The first kappa shape index (κ1) is 27.1. The number of aliphatic carboxylic acids is 1. The van der Waals surface area contributed by atoms with E-state index in [9.17, 15) is 14.7 Å². The highest BCUT2D eigenvalue weighted by atomic mass is 16.5. The number of carbonyl (C=O) groups is 2. The molecule has 0 aromatic heterocycles. The van der Waals surface area contributed by atoms with Gasteiger partial charge in [-0.25, -0.2) is 9.59 Å². The quantitative estimate of drug-likeness (QED) is 0.255. The van der Waals surface area contributed by atoms with Gasteiger partial charge in [-0.2, -0.15) is 0 Å². The van der Waals surface area contributed by atoms with Crippen molar-refractivity contribution >= 4 is 22.8 Å². The number of fused-ring (bicyclic) bond motifs is 1. The van der Waals surface area contributed by atoms with Crippen molar-refractivity contribution in [2.45, 2.75) is 37.3 Å². The molecule has 1 saturated heterocycles. The van der Waals surface area contributed by atoms with Crippen LogP contribution in [0.5, 0.6) is 11.5 Å². The molecule has 0 saturated carbocycles. The molecule has 0 spiro atoms. The number of nitrogens with zero attached hydrogens (tertiary/aromatic N) is 1. The molecule has 206 valence electrons. The van der Waals surface area contributed by atoms with Crippen LogP contribution in [-0.2, 0) is 17.6 Å². The standard InChI is InChI=1S/C33H34N2O5/c1-32(30(36)37,40-29-10-4-3-5-11-29)21-24-13-16-28(17-14-24)39-19-18-33(23-34-31(38)35(33)2)22-25-12-15-26-8-6-7-9-27(26)20-25/h3-17,20H,18-19,21-23H2,1-2H3,(H,34,38)(H,36,37). The zero-order valence-electron chi connectivity index (χ0n) is 22.8. The zero-order chi connectivity index (χ0) is 28.2. The number of carbonyl (C=O) groups excluding carboxylic acids is 1. The van der Waals surface area contributed by atoms with Crippen LogP contribution >= 0.6 is 0 Å². The Labute approximate surface area is 234 Å². The highest BCUT2D eigenvalue weighted by Crippen LogP contribution is 2.30. The summed E-state index contributed by atoms with van der Waals surface area (Å²) in [6.45, 7) is 2.55. The van der Waals surface area contributed by atoms with Crippen LogP contribution in [0.25, 0.3) is 10.8 Å². The monoisotopic (exact) mass is 538 g/mol. The second-order valence-electron chi connectivity index (χ2n) is 10.7. The van der Waals surface area contributed by atoms with E-state index in [1.807, 2.05) is 61.6 Å². The summed E-state index contributed by atoms with van der Waals surface area (Å²) in [5.41, 5.74) is 0.181. The van der Waals surface area contributed by atoms with Crippen molar-refractivity contribution in [2.24, 2.45) is 0 Å². The van der Waals surface area contributed by atoms with E-state index in [0.29, 0.717) is 37.5 Å². The van der Waals surface area contributed by atoms with Crippen molar-refractivity contribution in [3.8, 4) is 11.5 Å². The number of benzene rings is 4. The Morgan fingerprint density at radius 1 is 0.925 bits per heavy atom. The van der Waals surface area contributed by atoms with E-state index in [2.05, 4.69) is 35.6 Å². The van der Waals surface area contributed by atoms with E-state index in [1.54, 1.807) is 24.0 Å². The number of rotatable bonds is 11. The number of hydrogen-bond acceptors (Lipinski definition) is 4. The van der Waals surface area contributed by atoms with Gasteiger partial charge in [-0.1, -0.05) is 72.8 Å². The molecule has 0 bridgehead atoms. The largest absolute Gasteiger partial charge is 0.494 e. The van der Waals surface area contributed by atoms with E-state index in [1.165, 1.54) is 16.3 Å². The molecule has 4 aromatic carbocycles. The predicted octanol–water partition coefficient (Wildman–Crippen LogP) is 5.71. The van der Waals surface area contributed by atoms with Crippen molar-refractivity contribution in [3.05, 3.63) is 108 Å². The van der Waals surface area contributed by atoms with E-state index >= 15 is 0 Å². The molecule has 7 heteroatoms. The molecular weight excluding hydrogens is 504 g/mol. The van der Waals surface area contributed by atoms with Crippen LogP contribution < -0.4 is 14.8 Å². The summed E-state index contributed by atoms with van der Waals surface area (Å²) < 4.78 is 12.0. The van der Waals surface area contributed by atoms with Gasteiger partial charge in [0.2, 0.25) is 5.60 Å². The lowest BCUT2D eigenvalue weighted by atomic mass is 9.86. The number of ether oxygens (including phenoxy) is 2. The van der Waals surface area contributed by atoms with Gasteiger partial charge in [0.15, 0.2) is 0 Å². The number of carboxylic acids is 1. The lowest BCUT2D eigenvalue weighted by molar-refractivity contribution is -0.153. The Morgan fingerprint density at radius 2 is 1.60 bits per heavy atom. The number of amides is 2. The normalized spacial score (nSPS) is 18.2. The van der Waals surface area contributed by atoms with Crippen LogP contribution in [-0.4, -0.2) is 53.3 Å². The van der Waals surface area contributed by atoms with Crippen LogP contribution in [0.3, 0.4) is 0 Å². The van der Waals surface area contributed by atoms with Crippen LogP contribution in [0.15, 0.2) is 97.1 Å². The van der Waals surface area contributed by atoms with Crippen LogP contribution in [0, 0.1) is 0 Å². The molecule has 1 aliphatic rings. The maximum atomic E-state index is 12.5. The molecule has 1 fully saturated rings. The second kappa shape index (κ2) is 11.3. The number of likely N-dealkylation sites (N-methyl/N-ethyl adjacent to an activating group) is 1. The molecule has 0 radical (unpaired) electrons. The van der Waals surface area contributed by atoms with Crippen molar-refractivity contribution in [1.29, 1.82) is 0 Å². The first-order valence-electron chi connectivity index (χ1n) is 13.4. The van der Waals surface area contributed by atoms with E-state index in [-0.39, 0.29) is 12.5 Å². The Balaban J connectivity index is 1.23. The number of para-hydroxylation sites is 1. The summed E-state index contributed by atoms with van der Waals surface area (Å²) >= 11 is 0. The van der Waals surface area contributed by atoms with Crippen molar-refractivity contribution in [2.75, 3.05) is 20.2 Å². The fourth-order valence-corrected chi connectivity index (χ4v) is 5.30. The minimum Gasteiger partial charge on any atom is -0.494 e. The summed E-state index contributed by atoms with van der Waals surface area (Å²) in [4.78, 5) is 26.3. The van der Waals surface area contributed by atoms with Gasteiger partial charge in [-0.3, -0.25) is 0 Å². The molecule has 40 heavy (non-hydrogen) atoms. The molecule has 7 nitrogen and oxygen atoms in total. The van der Waals surface area contributed by atoms with Gasteiger partial charge in [-0.15, -0.1) is 0 Å². The van der Waals surface area contributed by atoms with E-state index < -0.39 is 17.1 Å². The molecule has 2 amide bonds. The van der Waals surface area contributed by atoms with Crippen molar-refractivity contribution in [1.82, 2.24) is 10.2 Å². The number of hydrogen-bond donors (Lipinski definition) is 2. The average Bonchev–Trinajstić information content (AvgIpc) is 3.23. The van der Waals surface area contributed by atoms with Gasteiger partial charge in [0.05, 0.1) is 12.1 Å². The third kappa shape index (κ3) is 5.88. The van der Waals surface area contributed by atoms with Crippen LogP contribution in [0.1, 0.15) is 24.5 Å². The molecule has 4 aromatic rings. The SMILES string of the molecule is CN1C(=O)NCC1(CCOc1ccc(CC(C)(Oc2ccccc2)C(=O)O)cc1)Cc1ccc2ccccc2c1. The Morgan fingerprint density at radius 3 is 2.27 bits per heavy atom. The average molecular weight is 539 g/mol. The lowest BCUT2D eigenvalue weighted by Crippen LogP contribution is -2.47. The third-order valence-corrected chi connectivity index (χ3v) is 7.77. The van der Waals surface area contributed by atoms with Crippen molar-refractivity contribution < 1.29 is 24.2 Å². The lowest BCUT2D eigenvalue weighted by Gasteiger charge is -2.35. The van der Waals surface area contributed by atoms with Gasteiger partial charge in [0, 0.05) is 26.4 Å². The predicted molar refractivity (Wildman–Crippen MR) is 155 cm³/mol. The van der Waals surface area contributed by atoms with Gasteiger partial charge in [0.1, 0.15) is 11.5 Å². The summed E-state index contributed by atoms with van der Waals surface area (Å²) in [5.74, 6) is 0.164. The molecular formula is C33H34N2O5. The Kier molecular flexibility index (Phi) is 7.65. The maximum absolute atomic E-state index is 12.5. The van der Waals surface area contributed by atoms with Gasteiger partial charge >= 0.3 is 12.0 Å². The number of urea groups is 1. The summed E-state index contributed by atoms with van der Waals surface area (Å²) in [6, 6.07) is 31.0. The van der Waals surface area contributed by atoms with Gasteiger partial charge in [-0.05, 0) is 59.5 Å². The Hall–Kier alpha value is -4.52. The topological polar surface area (TPSA) is 88.1 Å². The van der Waals surface area contributed by atoms with Crippen LogP contribution in [0.4, 0.5) is 4.79 Å². The maximum Gasteiger partial charge on any atom is 0.348 e. The number of carboxylic acid groups (broad SMARTS) is 1. The Bertz CT molecular complexity index is 1490. The summed E-state index contributed by atoms with van der Waals surface area (Å²) in [7, 11) is 1.84. The van der Waals surface area contributed by atoms with Crippen molar-refractivity contribution in [3.63, 3.8) is 0 Å². The fourth-order valence-electron chi connectivity index (χ4n) is 5.30. The zero-order valence-corrected chi connectivity index (χ0v) is 22.8. The molecule has 1 aliphatic heterocycles. The molecule has 2 unspecified atom stereocenters. The van der Waals surface area contributed by atoms with Crippen LogP contribution in [0.2, 0.25) is 0 Å². The number of nitrogens with one attached hydrogen (secondary N) is 1. The molecule has 2 atom stereocenters. The minimum absolute atomic E-state index is 0.0793. The second-order valence-corrected chi connectivity index (χ2v) is 10.7. The third-order valence-electron chi connectivity index (χ3n) is 7.77. The molecule has 2 N–H and O–H groups in total. The smallest absolute Gasteiger partial charge is 0.348 e. The summed E-state index contributed by atoms with van der Waals surface area (Å²) in [5, 5.41) is 15.2. The molecule has 5 rings (SSSR count). The first-order chi connectivity index (χ1) is 19.3. The summed E-state index contributed by atoms with van der Waals surface area (Å²) in [6.07, 6.45) is 1.56. The van der Waals surface area contributed by atoms with Gasteiger partial charge < -0.3 is 24.8 Å². The van der Waals surface area contributed by atoms with Gasteiger partial charge in [0.25, 0.3) is 0 Å². The fraction of sp³-hybridized carbons (Fsp3) is 0.273. The van der Waals surface area contributed by atoms with E-state index in [0.717, 1.165) is 5.56 Å². The molecule has 1 heterocycles.